The Morgan fingerprint density at radius 2 is 2.00 bits per heavy atom. The Morgan fingerprint density at radius 1 is 1.33 bits per heavy atom. The molecule has 1 atom stereocenters. The van der Waals surface area contributed by atoms with E-state index in [2.05, 4.69) is 11.8 Å². The van der Waals surface area contributed by atoms with Gasteiger partial charge in [-0.3, -0.25) is 4.79 Å². The van der Waals surface area contributed by atoms with E-state index in [1.54, 1.807) is 0 Å². The predicted octanol–water partition coefficient (Wildman–Crippen LogP) is 2.56. The van der Waals surface area contributed by atoms with E-state index in [1.807, 2.05) is 0 Å². The number of carbonyl (C=O) groups is 1. The lowest BCUT2D eigenvalue weighted by Crippen LogP contribution is -2.24. The van der Waals surface area contributed by atoms with Crippen molar-refractivity contribution in [2.75, 3.05) is 30.0 Å². The molecule has 1 aliphatic rings. The summed E-state index contributed by atoms with van der Waals surface area (Å²) < 4.78 is 24.2. The lowest BCUT2D eigenvalue weighted by molar-refractivity contribution is 0.102. The van der Waals surface area contributed by atoms with E-state index in [-0.39, 0.29) is 16.4 Å². The first-order valence-corrected chi connectivity index (χ1v) is 9.80. The molecule has 1 fully saturated rings. The Labute approximate surface area is 130 Å². The zero-order chi connectivity index (χ0) is 15.8. The fourth-order valence-corrected chi connectivity index (χ4v) is 5.37. The summed E-state index contributed by atoms with van der Waals surface area (Å²) in [6.07, 6.45) is 4.35. The third-order valence-corrected chi connectivity index (χ3v) is 6.53. The van der Waals surface area contributed by atoms with Gasteiger partial charge in [0.2, 0.25) is 0 Å². The molecule has 1 aromatic heterocycles. The minimum Gasteiger partial charge on any atom is -0.396 e. The molecule has 0 amide bonds. The van der Waals surface area contributed by atoms with Crippen LogP contribution in [0.15, 0.2) is 4.90 Å². The molecule has 0 aliphatic carbocycles. The molecular formula is C14H22N2O3S2. The van der Waals surface area contributed by atoms with Gasteiger partial charge < -0.3 is 10.6 Å². The molecule has 1 aromatic rings. The standard InChI is InChI=1S/C14H22N2O3S2/c1-9-5-4-7-16(8-6-9)14-13(21(3,18)19)11(15)12(20-14)10(2)17/h9H,4-8,15H2,1-3H3. The van der Waals surface area contributed by atoms with Crippen molar-refractivity contribution in [1.82, 2.24) is 0 Å². The van der Waals surface area contributed by atoms with E-state index in [4.69, 9.17) is 5.73 Å². The highest BCUT2D eigenvalue weighted by Crippen LogP contribution is 2.42. The van der Waals surface area contributed by atoms with Gasteiger partial charge in [-0.15, -0.1) is 11.3 Å². The zero-order valence-corrected chi connectivity index (χ0v) is 14.3. The third-order valence-electron chi connectivity index (χ3n) is 3.88. The largest absolute Gasteiger partial charge is 0.396 e. The van der Waals surface area contributed by atoms with Gasteiger partial charge in [0, 0.05) is 26.3 Å². The summed E-state index contributed by atoms with van der Waals surface area (Å²) in [4.78, 5) is 14.2. The second-order valence-corrected chi connectivity index (χ2v) is 8.78. The number of Topliss-reactive ketones (excluding diaryl/α,β-unsaturated/α-hetero) is 1. The highest BCUT2D eigenvalue weighted by Gasteiger charge is 2.29. The van der Waals surface area contributed by atoms with Crippen LogP contribution in [0.2, 0.25) is 0 Å². The lowest BCUT2D eigenvalue weighted by Gasteiger charge is -2.22. The molecular weight excluding hydrogens is 308 g/mol. The van der Waals surface area contributed by atoms with Crippen molar-refractivity contribution in [2.45, 2.75) is 38.0 Å². The Balaban J connectivity index is 2.52. The maximum Gasteiger partial charge on any atom is 0.180 e. The minimum absolute atomic E-state index is 0.113. The molecule has 0 bridgehead atoms. The van der Waals surface area contributed by atoms with Crippen LogP contribution < -0.4 is 10.6 Å². The molecule has 0 saturated carbocycles. The number of ketones is 1. The second-order valence-electron chi connectivity index (χ2n) is 5.83. The minimum atomic E-state index is -3.46. The first kappa shape index (κ1) is 16.3. The molecule has 7 heteroatoms. The van der Waals surface area contributed by atoms with Crippen molar-refractivity contribution < 1.29 is 13.2 Å². The zero-order valence-electron chi connectivity index (χ0n) is 12.7. The number of nitrogen functional groups attached to an aromatic ring is 1. The number of rotatable bonds is 3. The number of anilines is 2. The van der Waals surface area contributed by atoms with Crippen molar-refractivity contribution >= 4 is 37.6 Å². The van der Waals surface area contributed by atoms with Gasteiger partial charge in [0.15, 0.2) is 15.6 Å². The number of carbonyl (C=O) groups excluding carboxylic acids is 1. The fraction of sp³-hybridized carbons (Fsp3) is 0.643. The van der Waals surface area contributed by atoms with E-state index in [9.17, 15) is 13.2 Å². The van der Waals surface area contributed by atoms with Crippen molar-refractivity contribution in [3.8, 4) is 0 Å². The predicted molar refractivity (Wildman–Crippen MR) is 87.1 cm³/mol. The molecule has 1 unspecified atom stereocenters. The van der Waals surface area contributed by atoms with Crippen LogP contribution in [0, 0.1) is 5.92 Å². The summed E-state index contributed by atoms with van der Waals surface area (Å²) in [5.74, 6) is 0.457. The Hall–Kier alpha value is -1.08. The molecule has 0 spiro atoms. The van der Waals surface area contributed by atoms with Crippen LogP contribution in [0.3, 0.4) is 0 Å². The van der Waals surface area contributed by atoms with Crippen LogP contribution in [-0.2, 0) is 9.84 Å². The van der Waals surface area contributed by atoms with Crippen LogP contribution in [-0.4, -0.2) is 33.5 Å². The normalized spacial score (nSPS) is 20.3. The van der Waals surface area contributed by atoms with Crippen LogP contribution in [0.1, 0.15) is 42.8 Å². The van der Waals surface area contributed by atoms with E-state index < -0.39 is 9.84 Å². The maximum atomic E-state index is 12.1. The number of sulfone groups is 1. The number of hydrogen-bond donors (Lipinski definition) is 1. The summed E-state index contributed by atoms with van der Waals surface area (Å²) in [5, 5.41) is 0.634. The summed E-state index contributed by atoms with van der Waals surface area (Å²) in [6.45, 7) is 5.25. The molecule has 2 N–H and O–H groups in total. The van der Waals surface area contributed by atoms with E-state index in [1.165, 1.54) is 18.3 Å². The third kappa shape index (κ3) is 3.40. The molecule has 5 nitrogen and oxygen atoms in total. The van der Waals surface area contributed by atoms with Crippen molar-refractivity contribution in [1.29, 1.82) is 0 Å². The topological polar surface area (TPSA) is 80.5 Å². The van der Waals surface area contributed by atoms with Gasteiger partial charge in [-0.1, -0.05) is 6.92 Å². The lowest BCUT2D eigenvalue weighted by atomic mass is 10.0. The van der Waals surface area contributed by atoms with E-state index in [0.29, 0.717) is 15.8 Å². The fourth-order valence-electron chi connectivity index (χ4n) is 2.71. The SMILES string of the molecule is CC(=O)c1sc(N2CCCC(C)CC2)c(S(C)(=O)=O)c1N. The molecule has 2 heterocycles. The molecule has 0 aromatic carbocycles. The number of hydrogen-bond acceptors (Lipinski definition) is 6. The van der Waals surface area contributed by atoms with Crippen molar-refractivity contribution in [3.63, 3.8) is 0 Å². The van der Waals surface area contributed by atoms with Crippen molar-refractivity contribution in [2.24, 2.45) is 5.92 Å². The van der Waals surface area contributed by atoms with Crippen LogP contribution >= 0.6 is 11.3 Å². The average molecular weight is 330 g/mol. The van der Waals surface area contributed by atoms with Gasteiger partial charge in [-0.2, -0.15) is 0 Å². The van der Waals surface area contributed by atoms with E-state index >= 15 is 0 Å². The monoisotopic (exact) mass is 330 g/mol. The highest BCUT2D eigenvalue weighted by molar-refractivity contribution is 7.91. The van der Waals surface area contributed by atoms with Crippen LogP contribution in [0.4, 0.5) is 10.7 Å². The Kier molecular flexibility index (Phi) is 4.63. The number of nitrogens with zero attached hydrogens (tertiary/aromatic N) is 1. The summed E-state index contributed by atoms with van der Waals surface area (Å²) in [7, 11) is -3.46. The molecule has 0 radical (unpaired) electrons. The van der Waals surface area contributed by atoms with Crippen LogP contribution in [0.25, 0.3) is 0 Å². The summed E-state index contributed by atoms with van der Waals surface area (Å²) >= 11 is 1.21. The second kappa shape index (κ2) is 5.96. The Bertz CT molecular complexity index is 649. The highest BCUT2D eigenvalue weighted by atomic mass is 32.2. The van der Waals surface area contributed by atoms with Gasteiger partial charge in [0.1, 0.15) is 9.90 Å². The van der Waals surface area contributed by atoms with Gasteiger partial charge in [0.25, 0.3) is 0 Å². The maximum absolute atomic E-state index is 12.1. The Morgan fingerprint density at radius 3 is 2.57 bits per heavy atom. The molecule has 2 rings (SSSR count). The van der Waals surface area contributed by atoms with Gasteiger partial charge >= 0.3 is 0 Å². The summed E-state index contributed by atoms with van der Waals surface area (Å²) in [5.41, 5.74) is 6.06. The average Bonchev–Trinajstić information content (AvgIpc) is 2.56. The molecule has 21 heavy (non-hydrogen) atoms. The van der Waals surface area contributed by atoms with Gasteiger partial charge in [0.05, 0.1) is 10.6 Å². The van der Waals surface area contributed by atoms with Crippen LogP contribution in [0.5, 0.6) is 0 Å². The first-order chi connectivity index (χ1) is 9.71. The smallest absolute Gasteiger partial charge is 0.180 e. The molecule has 118 valence electrons. The van der Waals surface area contributed by atoms with Crippen molar-refractivity contribution in [3.05, 3.63) is 4.88 Å². The number of thiophene rings is 1. The van der Waals surface area contributed by atoms with Gasteiger partial charge in [-0.25, -0.2) is 8.42 Å². The quantitative estimate of drug-likeness (QED) is 0.862. The molecule has 1 aliphatic heterocycles. The van der Waals surface area contributed by atoms with Gasteiger partial charge in [-0.05, 0) is 25.2 Å². The molecule has 1 saturated heterocycles. The number of nitrogens with two attached hydrogens (primary N) is 1. The first-order valence-electron chi connectivity index (χ1n) is 7.10. The van der Waals surface area contributed by atoms with E-state index in [0.717, 1.165) is 38.6 Å². The summed E-state index contributed by atoms with van der Waals surface area (Å²) in [6, 6.07) is 0.